The summed E-state index contributed by atoms with van der Waals surface area (Å²) in [4.78, 5) is 2.50. The predicted octanol–water partition coefficient (Wildman–Crippen LogP) is 2.85. The quantitative estimate of drug-likeness (QED) is 0.634. The van der Waals surface area contributed by atoms with Crippen LogP contribution in [0.2, 0.25) is 0 Å². The zero-order valence-electron chi connectivity index (χ0n) is 8.46. The molecule has 0 aromatic heterocycles. The third kappa shape index (κ3) is 1.43. The number of rotatable bonds is 1. The van der Waals surface area contributed by atoms with Crippen molar-refractivity contribution in [2.45, 2.75) is 32.7 Å². The molecule has 0 spiro atoms. The second-order valence-corrected chi connectivity index (χ2v) is 3.80. The molecule has 0 aliphatic carbocycles. The van der Waals surface area contributed by atoms with Crippen LogP contribution in [0, 0.1) is 0 Å². The van der Waals surface area contributed by atoms with Gasteiger partial charge in [-0.25, -0.2) is 0 Å². The van der Waals surface area contributed by atoms with Crippen molar-refractivity contribution in [1.29, 1.82) is 0 Å². The van der Waals surface area contributed by atoms with Crippen LogP contribution in [-0.4, -0.2) is 12.6 Å². The molecule has 0 amide bonds. The van der Waals surface area contributed by atoms with Crippen LogP contribution in [-0.2, 0) is 6.42 Å². The molecule has 13 heavy (non-hydrogen) atoms. The maximum atomic E-state index is 2.50. The van der Waals surface area contributed by atoms with Crippen LogP contribution in [0.1, 0.15) is 25.8 Å². The molecule has 0 bridgehead atoms. The Balaban J connectivity index is 2.39. The number of para-hydroxylation sites is 1. The monoisotopic (exact) mass is 175 g/mol. The molecule has 1 aromatic rings. The van der Waals surface area contributed by atoms with Gasteiger partial charge in [0.15, 0.2) is 0 Å². The van der Waals surface area contributed by atoms with Crippen LogP contribution in [0.25, 0.3) is 0 Å². The van der Waals surface area contributed by atoms with E-state index >= 15 is 0 Å². The van der Waals surface area contributed by atoms with Gasteiger partial charge in [-0.2, -0.15) is 0 Å². The molecule has 1 aliphatic rings. The Morgan fingerprint density at radius 3 is 2.92 bits per heavy atom. The average molecular weight is 175 g/mol. The van der Waals surface area contributed by atoms with E-state index in [0.29, 0.717) is 6.04 Å². The predicted molar refractivity (Wildman–Crippen MR) is 57.2 cm³/mol. The summed E-state index contributed by atoms with van der Waals surface area (Å²) in [5, 5.41) is 0. The smallest absolute Gasteiger partial charge is 0.0401 e. The second kappa shape index (κ2) is 3.41. The molecule has 1 atom stereocenters. The summed E-state index contributed by atoms with van der Waals surface area (Å²) in [6.07, 6.45) is 2.54. The van der Waals surface area contributed by atoms with Crippen molar-refractivity contribution in [3.8, 4) is 0 Å². The lowest BCUT2D eigenvalue weighted by Gasteiger charge is -2.36. The minimum Gasteiger partial charge on any atom is -0.369 e. The van der Waals surface area contributed by atoms with Crippen LogP contribution >= 0.6 is 0 Å². The Hall–Kier alpha value is -0.980. The molecule has 1 unspecified atom stereocenters. The average Bonchev–Trinajstić information content (AvgIpc) is 2.18. The van der Waals surface area contributed by atoms with E-state index in [-0.39, 0.29) is 0 Å². The number of aryl methyl sites for hydroxylation is 1. The molecule has 1 aromatic carbocycles. The van der Waals surface area contributed by atoms with Gasteiger partial charge in [0.25, 0.3) is 0 Å². The minimum absolute atomic E-state index is 0.708. The second-order valence-electron chi connectivity index (χ2n) is 3.80. The van der Waals surface area contributed by atoms with E-state index in [1.54, 1.807) is 0 Å². The Labute approximate surface area is 80.4 Å². The van der Waals surface area contributed by atoms with E-state index < -0.39 is 0 Å². The number of hydrogen-bond acceptors (Lipinski definition) is 1. The van der Waals surface area contributed by atoms with Crippen molar-refractivity contribution in [1.82, 2.24) is 0 Å². The van der Waals surface area contributed by atoms with Crippen LogP contribution in [0.5, 0.6) is 0 Å². The molecule has 1 aliphatic heterocycles. The van der Waals surface area contributed by atoms with Crippen LogP contribution in [0.4, 0.5) is 5.69 Å². The maximum absolute atomic E-state index is 2.50. The lowest BCUT2D eigenvalue weighted by molar-refractivity contribution is 0.572. The molecule has 1 heteroatoms. The van der Waals surface area contributed by atoms with Gasteiger partial charge in [0.2, 0.25) is 0 Å². The van der Waals surface area contributed by atoms with Crippen molar-refractivity contribution < 1.29 is 0 Å². The summed E-state index contributed by atoms with van der Waals surface area (Å²) in [5.74, 6) is 0. The van der Waals surface area contributed by atoms with Crippen molar-refractivity contribution >= 4 is 5.69 Å². The highest BCUT2D eigenvalue weighted by Crippen LogP contribution is 2.29. The number of hydrogen-bond donors (Lipinski definition) is 0. The first-order valence-corrected chi connectivity index (χ1v) is 5.17. The van der Waals surface area contributed by atoms with Crippen molar-refractivity contribution in [3.05, 3.63) is 29.8 Å². The number of nitrogens with zero attached hydrogens (tertiary/aromatic N) is 1. The van der Waals surface area contributed by atoms with Crippen LogP contribution in [0.15, 0.2) is 24.3 Å². The Bertz CT molecular complexity index is 293. The van der Waals surface area contributed by atoms with Crippen molar-refractivity contribution in [2.24, 2.45) is 0 Å². The van der Waals surface area contributed by atoms with E-state index in [9.17, 15) is 0 Å². The van der Waals surface area contributed by atoms with E-state index in [0.717, 1.165) is 6.54 Å². The van der Waals surface area contributed by atoms with Crippen molar-refractivity contribution in [3.63, 3.8) is 0 Å². The molecule has 1 heterocycles. The molecule has 1 nitrogen and oxygen atoms in total. The first-order valence-electron chi connectivity index (χ1n) is 5.17. The molecule has 2 rings (SSSR count). The van der Waals surface area contributed by atoms with Gasteiger partial charge in [-0.1, -0.05) is 18.2 Å². The topological polar surface area (TPSA) is 3.24 Å². The Kier molecular flexibility index (Phi) is 2.26. The van der Waals surface area contributed by atoms with E-state index in [2.05, 4.69) is 43.0 Å². The third-order valence-corrected chi connectivity index (χ3v) is 3.01. The van der Waals surface area contributed by atoms with E-state index in [1.165, 1.54) is 24.1 Å². The Morgan fingerprint density at radius 1 is 1.38 bits per heavy atom. The fourth-order valence-electron chi connectivity index (χ4n) is 2.24. The summed E-state index contributed by atoms with van der Waals surface area (Å²) in [5.41, 5.74) is 2.96. The van der Waals surface area contributed by atoms with E-state index in [1.807, 2.05) is 0 Å². The molecule has 0 N–H and O–H groups in total. The summed E-state index contributed by atoms with van der Waals surface area (Å²) >= 11 is 0. The van der Waals surface area contributed by atoms with Crippen LogP contribution in [0.3, 0.4) is 0 Å². The van der Waals surface area contributed by atoms with Gasteiger partial charge < -0.3 is 4.90 Å². The largest absolute Gasteiger partial charge is 0.369 e. The van der Waals surface area contributed by atoms with Gasteiger partial charge in [0.1, 0.15) is 0 Å². The molecule has 0 fully saturated rings. The zero-order chi connectivity index (χ0) is 9.26. The lowest BCUT2D eigenvalue weighted by Crippen LogP contribution is -2.36. The van der Waals surface area contributed by atoms with E-state index in [4.69, 9.17) is 0 Å². The minimum atomic E-state index is 0.708. The highest BCUT2D eigenvalue weighted by Gasteiger charge is 2.20. The van der Waals surface area contributed by atoms with Gasteiger partial charge in [-0.05, 0) is 38.3 Å². The number of benzene rings is 1. The molecular weight excluding hydrogens is 158 g/mol. The Morgan fingerprint density at radius 2 is 2.15 bits per heavy atom. The van der Waals surface area contributed by atoms with Gasteiger partial charge in [-0.15, -0.1) is 0 Å². The van der Waals surface area contributed by atoms with Crippen LogP contribution < -0.4 is 4.90 Å². The summed E-state index contributed by atoms with van der Waals surface area (Å²) in [7, 11) is 0. The SMILES string of the molecule is CCN1c2ccccc2CCC1C. The van der Waals surface area contributed by atoms with Gasteiger partial charge >= 0.3 is 0 Å². The highest BCUT2D eigenvalue weighted by atomic mass is 15.2. The summed E-state index contributed by atoms with van der Waals surface area (Å²) in [6.45, 7) is 5.68. The lowest BCUT2D eigenvalue weighted by atomic mass is 9.97. The fraction of sp³-hybridized carbons (Fsp3) is 0.500. The summed E-state index contributed by atoms with van der Waals surface area (Å²) in [6, 6.07) is 9.49. The normalized spacial score (nSPS) is 21.4. The third-order valence-electron chi connectivity index (χ3n) is 3.01. The fourth-order valence-corrected chi connectivity index (χ4v) is 2.24. The van der Waals surface area contributed by atoms with Gasteiger partial charge in [0, 0.05) is 18.3 Å². The highest BCUT2D eigenvalue weighted by molar-refractivity contribution is 5.56. The molecule has 0 radical (unpaired) electrons. The van der Waals surface area contributed by atoms with Crippen molar-refractivity contribution in [2.75, 3.05) is 11.4 Å². The zero-order valence-corrected chi connectivity index (χ0v) is 8.46. The molecular formula is C12H17N. The molecule has 70 valence electrons. The number of fused-ring (bicyclic) bond motifs is 1. The van der Waals surface area contributed by atoms with Gasteiger partial charge in [0.05, 0.1) is 0 Å². The number of anilines is 1. The molecule has 0 saturated carbocycles. The standard InChI is InChI=1S/C12H17N/c1-3-13-10(2)8-9-11-6-4-5-7-12(11)13/h4-7,10H,3,8-9H2,1-2H3. The first-order chi connectivity index (χ1) is 6.33. The summed E-state index contributed by atoms with van der Waals surface area (Å²) < 4.78 is 0. The first kappa shape index (κ1) is 8.61. The van der Waals surface area contributed by atoms with Gasteiger partial charge in [-0.3, -0.25) is 0 Å². The molecule has 0 saturated heterocycles. The maximum Gasteiger partial charge on any atom is 0.0401 e.